The molecule has 0 aromatic heterocycles. The molecule has 1 aliphatic rings. The minimum atomic E-state index is -0.729. The number of nitrogens with one attached hydrogen (secondary N) is 2. The van der Waals surface area contributed by atoms with Gasteiger partial charge in [-0.2, -0.15) is 0 Å². The Bertz CT molecular complexity index is 957. The molecular formula is C23H27N3O4. The molecule has 1 heterocycles. The van der Waals surface area contributed by atoms with Crippen molar-refractivity contribution >= 4 is 23.6 Å². The van der Waals surface area contributed by atoms with Gasteiger partial charge in [0, 0.05) is 24.3 Å². The lowest BCUT2D eigenvalue weighted by molar-refractivity contribution is -0.144. The van der Waals surface area contributed by atoms with E-state index in [0.717, 1.165) is 28.8 Å². The minimum absolute atomic E-state index is 0.0245. The van der Waals surface area contributed by atoms with Crippen LogP contribution in [-0.4, -0.2) is 37.1 Å². The first-order valence-corrected chi connectivity index (χ1v) is 10.1. The van der Waals surface area contributed by atoms with Crippen LogP contribution in [0, 0.1) is 6.92 Å². The van der Waals surface area contributed by atoms with Crippen molar-refractivity contribution in [2.75, 3.05) is 18.1 Å². The van der Waals surface area contributed by atoms with Crippen LogP contribution in [0.4, 0.5) is 10.5 Å². The summed E-state index contributed by atoms with van der Waals surface area (Å²) in [6.07, 6.45) is 0.804. The van der Waals surface area contributed by atoms with Crippen LogP contribution in [0.2, 0.25) is 0 Å². The van der Waals surface area contributed by atoms with Gasteiger partial charge in [-0.15, -0.1) is 0 Å². The van der Waals surface area contributed by atoms with Crippen LogP contribution in [0.15, 0.2) is 42.5 Å². The third kappa shape index (κ3) is 4.97. The molecule has 7 heteroatoms. The van der Waals surface area contributed by atoms with Crippen molar-refractivity contribution in [3.63, 3.8) is 0 Å². The van der Waals surface area contributed by atoms with Crippen LogP contribution < -0.4 is 15.5 Å². The van der Waals surface area contributed by atoms with Crippen LogP contribution in [0.25, 0.3) is 0 Å². The van der Waals surface area contributed by atoms with E-state index >= 15 is 0 Å². The second-order valence-corrected chi connectivity index (χ2v) is 7.34. The third-order valence-electron chi connectivity index (χ3n) is 5.00. The summed E-state index contributed by atoms with van der Waals surface area (Å²) in [6, 6.07) is 12.3. The summed E-state index contributed by atoms with van der Waals surface area (Å²) < 4.78 is 4.88. The maximum Gasteiger partial charge on any atom is 0.328 e. The molecule has 0 saturated heterocycles. The second-order valence-electron chi connectivity index (χ2n) is 7.34. The molecule has 0 fully saturated rings. The second kappa shape index (κ2) is 9.43. The molecule has 158 valence electrons. The van der Waals surface area contributed by atoms with Crippen molar-refractivity contribution in [2.24, 2.45) is 0 Å². The van der Waals surface area contributed by atoms with E-state index in [1.165, 1.54) is 0 Å². The summed E-state index contributed by atoms with van der Waals surface area (Å²) in [4.78, 5) is 38.4. The predicted molar refractivity (Wildman–Crippen MR) is 114 cm³/mol. The normalized spacial score (nSPS) is 13.4. The van der Waals surface area contributed by atoms with E-state index in [2.05, 4.69) is 10.6 Å². The van der Waals surface area contributed by atoms with Crippen molar-refractivity contribution in [1.29, 1.82) is 0 Å². The first-order chi connectivity index (χ1) is 14.4. The molecule has 1 atom stereocenters. The van der Waals surface area contributed by atoms with Crippen LogP contribution in [0.1, 0.15) is 40.9 Å². The first kappa shape index (κ1) is 21.4. The predicted octanol–water partition coefficient (Wildman–Crippen LogP) is 2.95. The van der Waals surface area contributed by atoms with Gasteiger partial charge in [0.1, 0.15) is 6.04 Å². The highest BCUT2D eigenvalue weighted by Crippen LogP contribution is 2.30. The number of rotatable bonds is 6. The van der Waals surface area contributed by atoms with Crippen molar-refractivity contribution in [1.82, 2.24) is 10.6 Å². The Morgan fingerprint density at radius 1 is 1.17 bits per heavy atom. The Kier molecular flexibility index (Phi) is 6.72. The zero-order valence-electron chi connectivity index (χ0n) is 17.5. The number of carbonyl (C=O) groups excluding carboxylic acids is 3. The highest BCUT2D eigenvalue weighted by molar-refractivity contribution is 6.07. The number of anilines is 1. The van der Waals surface area contributed by atoms with Crippen LogP contribution in [-0.2, 0) is 22.5 Å². The number of urea groups is 1. The number of ether oxygens (including phenoxy) is 1. The summed E-state index contributed by atoms with van der Waals surface area (Å²) in [6.45, 7) is 6.43. The maximum atomic E-state index is 13.0. The summed E-state index contributed by atoms with van der Waals surface area (Å²) in [7, 11) is 0. The number of esters is 1. The van der Waals surface area contributed by atoms with Crippen LogP contribution in [0.5, 0.6) is 0 Å². The van der Waals surface area contributed by atoms with Gasteiger partial charge in [0.15, 0.2) is 0 Å². The van der Waals surface area contributed by atoms with Crippen LogP contribution >= 0.6 is 0 Å². The fraction of sp³-hybridized carbons (Fsp3) is 0.348. The van der Waals surface area contributed by atoms with Crippen molar-refractivity contribution in [3.05, 3.63) is 64.7 Å². The molecule has 30 heavy (non-hydrogen) atoms. The molecule has 3 rings (SSSR count). The highest BCUT2D eigenvalue weighted by atomic mass is 16.5. The molecule has 0 bridgehead atoms. The maximum absolute atomic E-state index is 13.0. The topological polar surface area (TPSA) is 87.7 Å². The number of hydrogen-bond donors (Lipinski definition) is 2. The molecule has 2 aromatic rings. The van der Waals surface area contributed by atoms with E-state index in [1.54, 1.807) is 18.7 Å². The summed E-state index contributed by atoms with van der Waals surface area (Å²) in [5.74, 6) is -0.501. The van der Waals surface area contributed by atoms with Gasteiger partial charge in [-0.1, -0.05) is 29.8 Å². The monoisotopic (exact) mass is 409 g/mol. The third-order valence-corrected chi connectivity index (χ3v) is 5.00. The number of fused-ring (bicyclic) bond motifs is 1. The zero-order chi connectivity index (χ0) is 21.7. The van der Waals surface area contributed by atoms with Gasteiger partial charge < -0.3 is 20.3 Å². The highest BCUT2D eigenvalue weighted by Gasteiger charge is 2.26. The average Bonchev–Trinajstić information content (AvgIpc) is 3.15. The quantitative estimate of drug-likeness (QED) is 0.718. The summed E-state index contributed by atoms with van der Waals surface area (Å²) in [5.41, 5.74) is 4.57. The molecule has 2 N–H and O–H groups in total. The molecule has 1 aliphatic heterocycles. The molecule has 0 spiro atoms. The minimum Gasteiger partial charge on any atom is -0.464 e. The average molecular weight is 409 g/mol. The van der Waals surface area contributed by atoms with Gasteiger partial charge in [-0.3, -0.25) is 4.79 Å². The van der Waals surface area contributed by atoms with E-state index in [4.69, 9.17) is 4.74 Å². The summed E-state index contributed by atoms with van der Waals surface area (Å²) in [5, 5.41) is 5.29. The standard InChI is InChI=1S/C23H27N3O4/c1-4-30-22(28)16(3)25-23(29)24-14-17-8-9-18-10-11-26(20(18)13-17)21(27)19-7-5-6-15(2)12-19/h5-9,12-13,16H,4,10-11,14H2,1-3H3,(H2,24,25,29)/t16-/m0/s1. The molecule has 7 nitrogen and oxygen atoms in total. The lowest BCUT2D eigenvalue weighted by Gasteiger charge is -2.19. The van der Waals surface area contributed by atoms with Crippen LogP contribution in [0.3, 0.4) is 0 Å². The number of carbonyl (C=O) groups is 3. The molecule has 0 aliphatic carbocycles. The number of benzene rings is 2. The lowest BCUT2D eigenvalue weighted by Crippen LogP contribution is -2.44. The summed E-state index contributed by atoms with van der Waals surface area (Å²) >= 11 is 0. The Labute approximate surface area is 176 Å². The Balaban J connectivity index is 1.64. The Morgan fingerprint density at radius 2 is 1.97 bits per heavy atom. The van der Waals surface area contributed by atoms with Gasteiger partial charge in [0.2, 0.25) is 0 Å². The van der Waals surface area contributed by atoms with Crippen molar-refractivity contribution in [2.45, 2.75) is 39.8 Å². The molecule has 2 aromatic carbocycles. The lowest BCUT2D eigenvalue weighted by atomic mass is 10.1. The van der Waals surface area contributed by atoms with Gasteiger partial charge in [0.25, 0.3) is 5.91 Å². The van der Waals surface area contributed by atoms with E-state index in [9.17, 15) is 14.4 Å². The van der Waals surface area contributed by atoms with E-state index < -0.39 is 18.0 Å². The smallest absolute Gasteiger partial charge is 0.328 e. The Morgan fingerprint density at radius 3 is 2.70 bits per heavy atom. The number of hydrogen-bond acceptors (Lipinski definition) is 4. The van der Waals surface area contributed by atoms with Crippen molar-refractivity contribution in [3.8, 4) is 0 Å². The van der Waals surface area contributed by atoms with E-state index in [0.29, 0.717) is 12.1 Å². The first-order valence-electron chi connectivity index (χ1n) is 10.1. The van der Waals surface area contributed by atoms with E-state index in [-0.39, 0.29) is 19.1 Å². The number of nitrogens with zero attached hydrogens (tertiary/aromatic N) is 1. The van der Waals surface area contributed by atoms with Gasteiger partial charge in [-0.05, 0) is 56.5 Å². The SMILES string of the molecule is CCOC(=O)[C@H](C)NC(=O)NCc1ccc2c(c1)N(C(=O)c1cccc(C)c1)CC2. The molecule has 0 saturated carbocycles. The number of aryl methyl sites for hydroxylation is 1. The zero-order valence-corrected chi connectivity index (χ0v) is 17.5. The molecule has 3 amide bonds. The molecule has 0 radical (unpaired) electrons. The Hall–Kier alpha value is -3.35. The van der Waals surface area contributed by atoms with E-state index in [1.807, 2.05) is 49.4 Å². The fourth-order valence-corrected chi connectivity index (χ4v) is 3.44. The number of amides is 3. The molecule has 0 unspecified atom stereocenters. The fourth-order valence-electron chi connectivity index (χ4n) is 3.44. The van der Waals surface area contributed by atoms with Crippen molar-refractivity contribution < 1.29 is 19.1 Å². The largest absolute Gasteiger partial charge is 0.464 e. The van der Waals surface area contributed by atoms with Gasteiger partial charge >= 0.3 is 12.0 Å². The van der Waals surface area contributed by atoms with Gasteiger partial charge in [0.05, 0.1) is 6.61 Å². The van der Waals surface area contributed by atoms with Gasteiger partial charge in [-0.25, -0.2) is 9.59 Å². The molecular weight excluding hydrogens is 382 g/mol.